The van der Waals surface area contributed by atoms with Crippen LogP contribution in [0.3, 0.4) is 0 Å². The minimum absolute atomic E-state index is 0.248. The zero-order valence-corrected chi connectivity index (χ0v) is 12.8. The highest BCUT2D eigenvalue weighted by molar-refractivity contribution is 6.28. The van der Waals surface area contributed by atoms with Crippen molar-refractivity contribution in [3.63, 3.8) is 0 Å². The van der Waals surface area contributed by atoms with Gasteiger partial charge in [-0.1, -0.05) is 24.3 Å². The minimum atomic E-state index is 0.248. The molecule has 2 aromatic heterocycles. The Bertz CT molecular complexity index is 789. The Balaban J connectivity index is 2.12. The molecule has 0 N–H and O–H groups in total. The average Bonchev–Trinajstić information content (AvgIpc) is 2.80. The van der Waals surface area contributed by atoms with Crippen molar-refractivity contribution >= 4 is 11.6 Å². The lowest BCUT2D eigenvalue weighted by Gasteiger charge is -2.03. The molecule has 2 heterocycles. The first-order valence-corrected chi connectivity index (χ1v) is 6.93. The van der Waals surface area contributed by atoms with Gasteiger partial charge in [0, 0.05) is 17.0 Å². The smallest absolute Gasteiger partial charge is 0.216 e. The van der Waals surface area contributed by atoms with Crippen LogP contribution in [0.1, 0.15) is 17.0 Å². The van der Waals surface area contributed by atoms with E-state index in [0.717, 1.165) is 22.5 Å². The summed E-state index contributed by atoms with van der Waals surface area (Å²) in [7, 11) is 0. The van der Waals surface area contributed by atoms with E-state index in [4.69, 9.17) is 11.6 Å². The molecular weight excluding hydrogens is 286 g/mol. The summed E-state index contributed by atoms with van der Waals surface area (Å²) < 4.78 is 1.46. The fourth-order valence-corrected chi connectivity index (χ4v) is 2.35. The van der Waals surface area contributed by atoms with Crippen molar-refractivity contribution in [3.8, 4) is 17.3 Å². The van der Waals surface area contributed by atoms with E-state index in [1.807, 2.05) is 51.1 Å². The molecule has 0 bridgehead atoms. The van der Waals surface area contributed by atoms with Gasteiger partial charge in [0.25, 0.3) is 5.95 Å². The largest absolute Gasteiger partial charge is 0.253 e. The summed E-state index contributed by atoms with van der Waals surface area (Å²) >= 11 is 6.20. The number of rotatable bonds is 2. The summed E-state index contributed by atoms with van der Waals surface area (Å²) in [6, 6.07) is 9.80. The average molecular weight is 300 g/mol. The van der Waals surface area contributed by atoms with Crippen LogP contribution in [0.25, 0.3) is 17.3 Å². The zero-order chi connectivity index (χ0) is 15.0. The number of nitrogens with zero attached hydrogens (tertiary/aromatic N) is 5. The van der Waals surface area contributed by atoms with E-state index in [1.54, 1.807) is 0 Å². The minimum Gasteiger partial charge on any atom is -0.216 e. The fraction of sp³-hybridized carbons (Fsp3) is 0.200. The van der Waals surface area contributed by atoms with Crippen LogP contribution in [-0.4, -0.2) is 24.7 Å². The van der Waals surface area contributed by atoms with E-state index in [9.17, 15) is 0 Å². The van der Waals surface area contributed by atoms with E-state index in [-0.39, 0.29) is 5.28 Å². The van der Waals surface area contributed by atoms with Crippen molar-refractivity contribution in [2.75, 3.05) is 0 Å². The molecule has 0 radical (unpaired) electrons. The van der Waals surface area contributed by atoms with Gasteiger partial charge >= 0.3 is 0 Å². The van der Waals surface area contributed by atoms with Crippen LogP contribution in [0, 0.1) is 20.8 Å². The lowest BCUT2D eigenvalue weighted by Crippen LogP contribution is -2.05. The van der Waals surface area contributed by atoms with Crippen molar-refractivity contribution in [1.29, 1.82) is 0 Å². The molecule has 21 heavy (non-hydrogen) atoms. The van der Waals surface area contributed by atoms with Gasteiger partial charge in [-0.15, -0.1) is 5.10 Å². The number of halogens is 1. The SMILES string of the molecule is Cc1cc(C)nc(-n2nc(-c3ccccc3C)nc2Cl)n1. The van der Waals surface area contributed by atoms with E-state index in [2.05, 4.69) is 20.1 Å². The number of hydrogen-bond acceptors (Lipinski definition) is 4. The third kappa shape index (κ3) is 2.64. The lowest BCUT2D eigenvalue weighted by molar-refractivity contribution is 0.795. The summed E-state index contributed by atoms with van der Waals surface area (Å²) in [6.45, 7) is 5.83. The monoisotopic (exact) mass is 299 g/mol. The van der Waals surface area contributed by atoms with Gasteiger partial charge in [-0.25, -0.2) is 9.97 Å². The Labute approximate surface area is 127 Å². The van der Waals surface area contributed by atoms with Crippen LogP contribution in [0.2, 0.25) is 5.28 Å². The molecule has 0 aliphatic heterocycles. The van der Waals surface area contributed by atoms with Crippen molar-refractivity contribution < 1.29 is 0 Å². The van der Waals surface area contributed by atoms with Gasteiger partial charge in [-0.2, -0.15) is 9.67 Å². The molecule has 0 unspecified atom stereocenters. The number of hydrogen-bond donors (Lipinski definition) is 0. The van der Waals surface area contributed by atoms with Crippen LogP contribution in [0.5, 0.6) is 0 Å². The molecule has 0 saturated heterocycles. The normalized spacial score (nSPS) is 10.9. The Morgan fingerprint density at radius 2 is 1.62 bits per heavy atom. The molecule has 0 amide bonds. The van der Waals surface area contributed by atoms with Crippen molar-refractivity contribution in [1.82, 2.24) is 24.7 Å². The first-order chi connectivity index (χ1) is 10.0. The standard InChI is InChI=1S/C15H14ClN5/c1-9-6-4-5-7-12(9)13-19-14(16)21(20-13)15-17-10(2)8-11(3)18-15/h4-8H,1-3H3. The van der Waals surface area contributed by atoms with E-state index >= 15 is 0 Å². The van der Waals surface area contributed by atoms with Crippen LogP contribution >= 0.6 is 11.6 Å². The Hall–Kier alpha value is -2.27. The molecule has 6 heteroatoms. The lowest BCUT2D eigenvalue weighted by atomic mass is 10.1. The van der Waals surface area contributed by atoms with Gasteiger partial charge < -0.3 is 0 Å². The van der Waals surface area contributed by atoms with Gasteiger partial charge in [0.05, 0.1) is 0 Å². The highest BCUT2D eigenvalue weighted by Gasteiger charge is 2.15. The van der Waals surface area contributed by atoms with Crippen LogP contribution in [0.15, 0.2) is 30.3 Å². The molecule has 3 aromatic rings. The predicted molar refractivity (Wildman–Crippen MR) is 81.6 cm³/mol. The van der Waals surface area contributed by atoms with Crippen LogP contribution < -0.4 is 0 Å². The maximum Gasteiger partial charge on any atom is 0.253 e. The summed E-state index contributed by atoms with van der Waals surface area (Å²) in [4.78, 5) is 13.0. The Morgan fingerprint density at radius 1 is 0.952 bits per heavy atom. The second-order valence-corrected chi connectivity index (χ2v) is 5.22. The molecule has 5 nitrogen and oxygen atoms in total. The third-order valence-electron chi connectivity index (χ3n) is 3.11. The molecule has 1 aromatic carbocycles. The number of aryl methyl sites for hydroxylation is 3. The van der Waals surface area contributed by atoms with Crippen LogP contribution in [-0.2, 0) is 0 Å². The maximum absolute atomic E-state index is 6.20. The van der Waals surface area contributed by atoms with E-state index in [0.29, 0.717) is 11.8 Å². The van der Waals surface area contributed by atoms with E-state index in [1.165, 1.54) is 4.68 Å². The highest BCUT2D eigenvalue weighted by Crippen LogP contribution is 2.22. The maximum atomic E-state index is 6.20. The summed E-state index contributed by atoms with van der Waals surface area (Å²) in [5, 5.41) is 4.69. The predicted octanol–water partition coefficient (Wildman–Crippen LogP) is 3.30. The first kappa shape index (κ1) is 13.7. The molecule has 0 fully saturated rings. The van der Waals surface area contributed by atoms with Gasteiger partial charge in [-0.3, -0.25) is 0 Å². The van der Waals surface area contributed by atoms with Crippen molar-refractivity contribution in [2.24, 2.45) is 0 Å². The molecule has 0 aliphatic rings. The van der Waals surface area contributed by atoms with E-state index < -0.39 is 0 Å². The molecule has 106 valence electrons. The third-order valence-corrected chi connectivity index (χ3v) is 3.36. The summed E-state index contributed by atoms with van der Waals surface area (Å²) in [5.41, 5.74) is 3.76. The molecule has 0 spiro atoms. The van der Waals surface area contributed by atoms with Gasteiger partial charge in [0.15, 0.2) is 5.82 Å². The molecule has 0 aliphatic carbocycles. The number of benzene rings is 1. The highest BCUT2D eigenvalue weighted by atomic mass is 35.5. The topological polar surface area (TPSA) is 56.5 Å². The van der Waals surface area contributed by atoms with Gasteiger partial charge in [0.2, 0.25) is 5.28 Å². The molecular formula is C15H14ClN5. The van der Waals surface area contributed by atoms with Crippen molar-refractivity contribution in [3.05, 3.63) is 52.6 Å². The fourth-order valence-electron chi connectivity index (χ4n) is 2.16. The second kappa shape index (κ2) is 5.26. The zero-order valence-electron chi connectivity index (χ0n) is 12.0. The quantitative estimate of drug-likeness (QED) is 0.728. The summed E-state index contributed by atoms with van der Waals surface area (Å²) in [6.07, 6.45) is 0. The molecule has 0 atom stereocenters. The first-order valence-electron chi connectivity index (χ1n) is 6.56. The number of aromatic nitrogens is 5. The summed E-state index contributed by atoms with van der Waals surface area (Å²) in [5.74, 6) is 1.01. The Kier molecular flexibility index (Phi) is 3.43. The van der Waals surface area contributed by atoms with Gasteiger partial charge in [0.1, 0.15) is 0 Å². The Morgan fingerprint density at radius 3 is 2.29 bits per heavy atom. The van der Waals surface area contributed by atoms with Gasteiger partial charge in [-0.05, 0) is 44.0 Å². The van der Waals surface area contributed by atoms with Crippen LogP contribution in [0.4, 0.5) is 0 Å². The second-order valence-electron chi connectivity index (χ2n) is 4.88. The molecule has 0 saturated carbocycles. The molecule has 3 rings (SSSR count). The van der Waals surface area contributed by atoms with Crippen molar-refractivity contribution in [2.45, 2.75) is 20.8 Å².